The van der Waals surface area contributed by atoms with Crippen LogP contribution in [0, 0.1) is 6.92 Å². The molecular weight excluding hydrogens is 374 g/mol. The van der Waals surface area contributed by atoms with Crippen LogP contribution in [0.25, 0.3) is 0 Å². The Labute approximate surface area is 168 Å². The number of nitrogens with one attached hydrogen (secondary N) is 1. The first-order chi connectivity index (χ1) is 13.5. The summed E-state index contributed by atoms with van der Waals surface area (Å²) in [5, 5.41) is 7.53. The van der Waals surface area contributed by atoms with Gasteiger partial charge in [0.15, 0.2) is 0 Å². The van der Waals surface area contributed by atoms with E-state index in [9.17, 15) is 4.79 Å². The summed E-state index contributed by atoms with van der Waals surface area (Å²) < 4.78 is 0. The Hall–Kier alpha value is -2.73. The molecule has 4 rings (SSSR count). The Balaban J connectivity index is 1.54. The first-order valence-corrected chi connectivity index (χ1v) is 9.75. The monoisotopic (exact) mass is 395 g/mol. The Kier molecular flexibility index (Phi) is 4.89. The molecule has 1 saturated carbocycles. The van der Waals surface area contributed by atoms with E-state index in [1.165, 1.54) is 0 Å². The fraction of sp³-hybridized carbons (Fsp3) is 0.333. The summed E-state index contributed by atoms with van der Waals surface area (Å²) in [6.45, 7) is 1.97. The van der Waals surface area contributed by atoms with E-state index < -0.39 is 5.41 Å². The minimum Gasteiger partial charge on any atom is -0.369 e. The zero-order chi connectivity index (χ0) is 19.7. The van der Waals surface area contributed by atoms with Crippen LogP contribution in [0.2, 0.25) is 5.02 Å². The molecule has 1 fully saturated rings. The highest BCUT2D eigenvalue weighted by atomic mass is 35.5. The van der Waals surface area contributed by atoms with Crippen molar-refractivity contribution < 1.29 is 4.79 Å². The van der Waals surface area contributed by atoms with E-state index in [1.807, 2.05) is 25.1 Å². The molecule has 1 aromatic carbocycles. The third-order valence-corrected chi connectivity index (χ3v) is 5.85. The zero-order valence-electron chi connectivity index (χ0n) is 15.7. The van der Waals surface area contributed by atoms with Gasteiger partial charge < -0.3 is 5.73 Å². The lowest BCUT2D eigenvalue weighted by atomic mass is 9.88. The van der Waals surface area contributed by atoms with Crippen LogP contribution in [-0.2, 0) is 29.5 Å². The van der Waals surface area contributed by atoms with Crippen molar-refractivity contribution in [1.82, 2.24) is 20.2 Å². The van der Waals surface area contributed by atoms with E-state index in [2.05, 4.69) is 26.2 Å². The molecule has 1 aliphatic rings. The van der Waals surface area contributed by atoms with Crippen LogP contribution in [-0.4, -0.2) is 26.1 Å². The summed E-state index contributed by atoms with van der Waals surface area (Å²) in [7, 11) is 0. The minimum atomic E-state index is -0.490. The molecule has 2 aromatic heterocycles. The van der Waals surface area contributed by atoms with Gasteiger partial charge in [0.05, 0.1) is 22.3 Å². The van der Waals surface area contributed by atoms with Crippen LogP contribution < -0.4 is 5.73 Å². The molecule has 1 aliphatic carbocycles. The van der Waals surface area contributed by atoms with Gasteiger partial charge in [-0.1, -0.05) is 35.9 Å². The summed E-state index contributed by atoms with van der Waals surface area (Å²) in [4.78, 5) is 21.0. The van der Waals surface area contributed by atoms with Crippen molar-refractivity contribution in [3.05, 3.63) is 75.6 Å². The summed E-state index contributed by atoms with van der Waals surface area (Å²) in [6.07, 6.45) is 7.11. The van der Waals surface area contributed by atoms with Gasteiger partial charge in [-0.25, -0.2) is 9.97 Å². The molecule has 144 valence electrons. The molecule has 6 nitrogen and oxygen atoms in total. The van der Waals surface area contributed by atoms with Gasteiger partial charge in [0.2, 0.25) is 5.91 Å². The highest BCUT2D eigenvalue weighted by Gasteiger charge is 2.50. The molecule has 0 unspecified atom stereocenters. The number of nitrogens with two attached hydrogens (primary N) is 1. The van der Waals surface area contributed by atoms with Crippen molar-refractivity contribution in [2.75, 3.05) is 0 Å². The van der Waals surface area contributed by atoms with E-state index in [0.29, 0.717) is 23.7 Å². The number of carbonyl (C=O) groups excluding carboxylic acids is 1. The Morgan fingerprint density at radius 3 is 2.68 bits per heavy atom. The molecule has 0 atom stereocenters. The van der Waals surface area contributed by atoms with Crippen LogP contribution in [0.4, 0.5) is 0 Å². The molecule has 28 heavy (non-hydrogen) atoms. The number of aromatic nitrogens is 4. The van der Waals surface area contributed by atoms with Gasteiger partial charge in [0.25, 0.3) is 0 Å². The maximum Gasteiger partial charge on any atom is 0.228 e. The van der Waals surface area contributed by atoms with Crippen molar-refractivity contribution in [3.63, 3.8) is 0 Å². The predicted molar refractivity (Wildman–Crippen MR) is 107 cm³/mol. The second kappa shape index (κ2) is 7.36. The molecular formula is C21H22ClN5O. The Morgan fingerprint density at radius 1 is 1.21 bits per heavy atom. The number of carbonyl (C=O) groups is 1. The summed E-state index contributed by atoms with van der Waals surface area (Å²) in [5.41, 5.74) is 10.2. The van der Waals surface area contributed by atoms with E-state index in [4.69, 9.17) is 17.3 Å². The molecule has 3 aromatic rings. The predicted octanol–water partition coefficient (Wildman–Crippen LogP) is 3.05. The second-order valence-corrected chi connectivity index (χ2v) is 7.79. The second-order valence-electron chi connectivity index (χ2n) is 7.38. The number of nitrogens with zero attached hydrogens (tertiary/aromatic N) is 3. The maximum absolute atomic E-state index is 12.0. The smallest absolute Gasteiger partial charge is 0.228 e. The highest BCUT2D eigenvalue weighted by molar-refractivity contribution is 6.31. The molecule has 0 aliphatic heterocycles. The molecule has 3 N–H and O–H groups in total. The standard InChI is InChI=1S/C21H22ClN5O/c1-13-15(11-25-27-13)10-19-24-12-17(22)18(26-19)7-6-14-4-2-3-5-16(14)21(8-9-21)20(23)28/h2-5,11-12H,6-10H2,1H3,(H2,23,28)(H,25,27). The number of amides is 1. The molecule has 0 bridgehead atoms. The maximum atomic E-state index is 12.0. The van der Waals surface area contributed by atoms with Crippen molar-refractivity contribution in [2.24, 2.45) is 5.73 Å². The number of benzene rings is 1. The van der Waals surface area contributed by atoms with Gasteiger partial charge in [-0.05, 0) is 43.7 Å². The average molecular weight is 396 g/mol. The van der Waals surface area contributed by atoms with E-state index >= 15 is 0 Å². The van der Waals surface area contributed by atoms with Crippen LogP contribution in [0.5, 0.6) is 0 Å². The SMILES string of the molecule is Cc1[nH]ncc1Cc1ncc(Cl)c(CCc2ccccc2C2(C(N)=O)CC2)n1. The van der Waals surface area contributed by atoms with Gasteiger partial charge in [0, 0.05) is 23.9 Å². The highest BCUT2D eigenvalue weighted by Crippen LogP contribution is 2.49. The lowest BCUT2D eigenvalue weighted by molar-refractivity contribution is -0.120. The van der Waals surface area contributed by atoms with Crippen LogP contribution in [0.3, 0.4) is 0 Å². The topological polar surface area (TPSA) is 97.5 Å². The number of primary amides is 1. The largest absolute Gasteiger partial charge is 0.369 e. The first kappa shape index (κ1) is 18.6. The van der Waals surface area contributed by atoms with Crippen LogP contribution >= 0.6 is 11.6 Å². The molecule has 7 heteroatoms. The number of H-pyrrole nitrogens is 1. The number of aromatic amines is 1. The molecule has 0 spiro atoms. The van der Waals surface area contributed by atoms with Crippen molar-refractivity contribution in [1.29, 1.82) is 0 Å². The van der Waals surface area contributed by atoms with E-state index in [-0.39, 0.29) is 5.91 Å². The molecule has 2 heterocycles. The minimum absolute atomic E-state index is 0.238. The number of hydrogen-bond donors (Lipinski definition) is 2. The van der Waals surface area contributed by atoms with Gasteiger partial charge in [-0.15, -0.1) is 0 Å². The third-order valence-electron chi connectivity index (χ3n) is 5.54. The van der Waals surface area contributed by atoms with Gasteiger partial charge in [-0.2, -0.15) is 5.10 Å². The summed E-state index contributed by atoms with van der Waals surface area (Å²) in [5.74, 6) is 0.478. The van der Waals surface area contributed by atoms with E-state index in [0.717, 1.165) is 47.3 Å². The number of rotatable bonds is 7. The lowest BCUT2D eigenvalue weighted by Crippen LogP contribution is -2.29. The normalized spacial score (nSPS) is 14.8. The van der Waals surface area contributed by atoms with E-state index in [1.54, 1.807) is 12.4 Å². The fourth-order valence-corrected chi connectivity index (χ4v) is 3.85. The number of halogens is 1. The number of aryl methyl sites for hydroxylation is 3. The van der Waals surface area contributed by atoms with Crippen molar-refractivity contribution in [3.8, 4) is 0 Å². The molecule has 1 amide bonds. The Morgan fingerprint density at radius 2 is 2.00 bits per heavy atom. The van der Waals surface area contributed by atoms with Gasteiger partial charge in [-0.3, -0.25) is 9.89 Å². The summed E-state index contributed by atoms with van der Waals surface area (Å²) >= 11 is 6.35. The molecule has 0 radical (unpaired) electrons. The zero-order valence-corrected chi connectivity index (χ0v) is 16.5. The van der Waals surface area contributed by atoms with Crippen molar-refractivity contribution in [2.45, 2.75) is 44.4 Å². The van der Waals surface area contributed by atoms with Crippen LogP contribution in [0.15, 0.2) is 36.7 Å². The fourth-order valence-electron chi connectivity index (χ4n) is 3.66. The Bertz CT molecular complexity index is 1030. The van der Waals surface area contributed by atoms with Gasteiger partial charge >= 0.3 is 0 Å². The molecule has 0 saturated heterocycles. The summed E-state index contributed by atoms with van der Waals surface area (Å²) in [6, 6.07) is 8.03. The average Bonchev–Trinajstić information content (AvgIpc) is 3.41. The van der Waals surface area contributed by atoms with Crippen LogP contribution in [0.1, 0.15) is 46.7 Å². The van der Waals surface area contributed by atoms with Gasteiger partial charge in [0.1, 0.15) is 5.82 Å². The quantitative estimate of drug-likeness (QED) is 0.642. The number of hydrogen-bond acceptors (Lipinski definition) is 4. The first-order valence-electron chi connectivity index (χ1n) is 9.37. The third kappa shape index (κ3) is 3.52. The lowest BCUT2D eigenvalue weighted by Gasteiger charge is -2.16. The van der Waals surface area contributed by atoms with Crippen molar-refractivity contribution >= 4 is 17.5 Å².